The third-order valence-corrected chi connectivity index (χ3v) is 13.7. The zero-order chi connectivity index (χ0) is 29.6. The second-order valence-electron chi connectivity index (χ2n) is 15.8. The Balaban J connectivity index is 1.56. The summed E-state index contributed by atoms with van der Waals surface area (Å²) in [5.41, 5.74) is 1.15. The minimum absolute atomic E-state index is 0.0330. The zero-order valence-electron chi connectivity index (χ0n) is 26.0. The van der Waals surface area contributed by atoms with Crippen LogP contribution in [-0.2, 0) is 14.3 Å². The molecule has 0 saturated heterocycles. The van der Waals surface area contributed by atoms with Gasteiger partial charge < -0.3 is 9.84 Å². The summed E-state index contributed by atoms with van der Waals surface area (Å²) in [6.45, 7) is 17.2. The number of hydrogen-bond acceptors (Lipinski definition) is 6. The highest BCUT2D eigenvalue weighted by atomic mass is 16.6. The summed E-state index contributed by atoms with van der Waals surface area (Å²) < 4.78 is 5.87. The first-order chi connectivity index (χ1) is 18.5. The van der Waals surface area contributed by atoms with E-state index in [1.807, 2.05) is 0 Å². The van der Waals surface area contributed by atoms with Crippen molar-refractivity contribution >= 4 is 11.8 Å². The van der Waals surface area contributed by atoms with E-state index in [0.29, 0.717) is 18.3 Å². The van der Waals surface area contributed by atoms with Crippen molar-refractivity contribution in [3.8, 4) is 0 Å². The maximum absolute atomic E-state index is 13.6. The minimum Gasteiger partial charge on any atom is -0.462 e. The fraction of sp³-hybridized carbons (Fsp3) is 0.879. The van der Waals surface area contributed by atoms with Gasteiger partial charge in [0, 0.05) is 29.1 Å². The number of nitro groups is 1. The Morgan fingerprint density at radius 1 is 1.00 bits per heavy atom. The number of carbonyl (C=O) groups is 2. The van der Waals surface area contributed by atoms with Crippen LogP contribution < -0.4 is 0 Å². The largest absolute Gasteiger partial charge is 0.462 e. The molecule has 7 nitrogen and oxygen atoms in total. The third-order valence-electron chi connectivity index (χ3n) is 13.7. The molecule has 0 aliphatic heterocycles. The summed E-state index contributed by atoms with van der Waals surface area (Å²) in [5.74, 6) is 1.04. The number of ketones is 1. The second-order valence-corrected chi connectivity index (χ2v) is 15.8. The Kier molecular flexibility index (Phi) is 6.96. The Morgan fingerprint density at radius 2 is 1.68 bits per heavy atom. The van der Waals surface area contributed by atoms with Crippen LogP contribution in [0.5, 0.6) is 0 Å². The molecule has 0 aromatic carbocycles. The summed E-state index contributed by atoms with van der Waals surface area (Å²) in [4.78, 5) is 36.6. The number of esters is 1. The van der Waals surface area contributed by atoms with Crippen LogP contribution in [0.3, 0.4) is 0 Å². The van der Waals surface area contributed by atoms with Gasteiger partial charge in [0.1, 0.15) is 12.2 Å². The molecule has 1 N–H and O–H groups in total. The molecule has 4 fully saturated rings. The molecule has 5 aliphatic rings. The van der Waals surface area contributed by atoms with Crippen molar-refractivity contribution < 1.29 is 24.4 Å². The first kappa shape index (κ1) is 29.7. The fourth-order valence-electron chi connectivity index (χ4n) is 11.8. The molecule has 224 valence electrons. The maximum Gasteiger partial charge on any atom is 0.302 e. The van der Waals surface area contributed by atoms with E-state index in [1.165, 1.54) is 6.92 Å². The zero-order valence-corrected chi connectivity index (χ0v) is 26.0. The minimum atomic E-state index is -1.14. The molecule has 0 aromatic rings. The number of rotatable bonds is 5. The molecule has 9 atom stereocenters. The highest BCUT2D eigenvalue weighted by Crippen LogP contribution is 2.77. The van der Waals surface area contributed by atoms with Crippen LogP contribution in [0.25, 0.3) is 0 Å². The van der Waals surface area contributed by atoms with Gasteiger partial charge in [-0.25, -0.2) is 0 Å². The summed E-state index contributed by atoms with van der Waals surface area (Å²) in [6, 6.07) is 0. The molecule has 0 radical (unpaired) electrons. The highest BCUT2D eigenvalue weighted by Gasteiger charge is 2.71. The van der Waals surface area contributed by atoms with E-state index in [4.69, 9.17) is 4.74 Å². The SMILES string of the molecule is CC(=O)O[C@H]1CCC2(C)C(CC[C@]3(C)[C@@H]2CCC2C4=C(C(C)C)C(=O)C[C@]4(C(O)C[N+](=O)[O-])CC[C@]23C)C1(C)C. The molecular weight excluding hydrogens is 506 g/mol. The number of Topliss-reactive ketones (excluding diaryl/α,β-unsaturated/α-hetero) is 1. The van der Waals surface area contributed by atoms with Gasteiger partial charge in [0.15, 0.2) is 5.78 Å². The number of hydrogen-bond donors (Lipinski definition) is 1. The second kappa shape index (κ2) is 9.37. The number of allylic oxidation sites excluding steroid dienone is 1. The van der Waals surface area contributed by atoms with Crippen molar-refractivity contribution in [2.45, 2.75) is 125 Å². The summed E-state index contributed by atoms with van der Waals surface area (Å²) in [6.07, 6.45) is 6.65. The standard InChI is InChI=1S/C33H51NO6/c1-19(2)27-22(36)17-33(25(37)18-34(38)39)16-15-31(7)21(28(27)33)9-10-24-30(6)13-12-26(40-20(3)35)29(4,5)23(30)11-14-32(24,31)8/h19,21,23-26,37H,9-18H2,1-8H3/t21?,23?,24-,25?,26+,30?,31-,32-,33+/m1/s1. The van der Waals surface area contributed by atoms with E-state index in [1.54, 1.807) is 0 Å². The van der Waals surface area contributed by atoms with E-state index in [0.717, 1.165) is 56.1 Å². The normalized spacial score (nSPS) is 44.8. The first-order valence-corrected chi connectivity index (χ1v) is 15.7. The topological polar surface area (TPSA) is 107 Å². The van der Waals surface area contributed by atoms with Gasteiger partial charge in [-0.05, 0) is 96.9 Å². The molecule has 0 aromatic heterocycles. The molecular formula is C33H51NO6. The molecule has 40 heavy (non-hydrogen) atoms. The molecule has 4 saturated carbocycles. The van der Waals surface area contributed by atoms with E-state index >= 15 is 0 Å². The van der Waals surface area contributed by atoms with Gasteiger partial charge in [-0.3, -0.25) is 19.7 Å². The lowest BCUT2D eigenvalue weighted by Gasteiger charge is -2.72. The molecule has 0 amide bonds. The smallest absolute Gasteiger partial charge is 0.302 e. The summed E-state index contributed by atoms with van der Waals surface area (Å²) in [5, 5.41) is 22.9. The molecule has 5 aliphatic carbocycles. The Morgan fingerprint density at radius 3 is 2.27 bits per heavy atom. The third kappa shape index (κ3) is 3.84. The number of aliphatic hydroxyl groups excluding tert-OH is 1. The number of aliphatic hydroxyl groups is 1. The average molecular weight is 558 g/mol. The van der Waals surface area contributed by atoms with Crippen molar-refractivity contribution in [2.24, 2.45) is 50.7 Å². The molecule has 7 heteroatoms. The van der Waals surface area contributed by atoms with Crippen molar-refractivity contribution in [3.05, 3.63) is 21.3 Å². The quantitative estimate of drug-likeness (QED) is 0.234. The number of fused-ring (bicyclic) bond motifs is 7. The molecule has 0 heterocycles. The van der Waals surface area contributed by atoms with Crippen LogP contribution in [0.4, 0.5) is 0 Å². The van der Waals surface area contributed by atoms with Gasteiger partial charge in [0.25, 0.3) is 0 Å². The lowest BCUT2D eigenvalue weighted by molar-refractivity contribution is -0.494. The lowest BCUT2D eigenvalue weighted by Crippen LogP contribution is -2.66. The molecule has 0 spiro atoms. The number of ether oxygens (including phenoxy) is 1. The maximum atomic E-state index is 13.6. The van der Waals surface area contributed by atoms with Gasteiger partial charge in [-0.2, -0.15) is 0 Å². The van der Waals surface area contributed by atoms with Gasteiger partial charge in [-0.15, -0.1) is 0 Å². The van der Waals surface area contributed by atoms with Crippen molar-refractivity contribution in [1.82, 2.24) is 0 Å². The van der Waals surface area contributed by atoms with Crippen molar-refractivity contribution in [2.75, 3.05) is 6.54 Å². The van der Waals surface area contributed by atoms with Gasteiger partial charge in [0.2, 0.25) is 6.54 Å². The fourth-order valence-corrected chi connectivity index (χ4v) is 11.8. The van der Waals surface area contributed by atoms with Crippen molar-refractivity contribution in [3.63, 3.8) is 0 Å². The Labute approximate surface area is 240 Å². The Bertz CT molecular complexity index is 1140. The average Bonchev–Trinajstić information content (AvgIpc) is 3.14. The van der Waals surface area contributed by atoms with E-state index in [-0.39, 0.29) is 57.8 Å². The Hall–Kier alpha value is -1.76. The first-order valence-electron chi connectivity index (χ1n) is 15.7. The van der Waals surface area contributed by atoms with Crippen LogP contribution in [0.15, 0.2) is 11.1 Å². The predicted molar refractivity (Wildman–Crippen MR) is 153 cm³/mol. The van der Waals surface area contributed by atoms with Crippen LogP contribution in [-0.4, -0.2) is 40.5 Å². The number of nitrogens with zero attached hydrogens (tertiary/aromatic N) is 1. The van der Waals surface area contributed by atoms with Crippen LogP contribution in [0, 0.1) is 60.9 Å². The number of carbonyl (C=O) groups excluding carboxylic acids is 2. The molecule has 4 unspecified atom stereocenters. The molecule has 0 bridgehead atoms. The van der Waals surface area contributed by atoms with E-state index in [9.17, 15) is 24.8 Å². The van der Waals surface area contributed by atoms with Gasteiger partial charge in [0.05, 0.1) is 0 Å². The van der Waals surface area contributed by atoms with Crippen LogP contribution in [0.1, 0.15) is 113 Å². The monoisotopic (exact) mass is 557 g/mol. The van der Waals surface area contributed by atoms with E-state index < -0.39 is 23.0 Å². The lowest BCUT2D eigenvalue weighted by atomic mass is 9.33. The van der Waals surface area contributed by atoms with Gasteiger partial charge in [-0.1, -0.05) is 54.0 Å². The van der Waals surface area contributed by atoms with E-state index in [2.05, 4.69) is 48.5 Å². The molecule has 5 rings (SSSR count). The van der Waals surface area contributed by atoms with Crippen LogP contribution in [0.2, 0.25) is 0 Å². The van der Waals surface area contributed by atoms with Gasteiger partial charge >= 0.3 is 5.97 Å². The van der Waals surface area contributed by atoms with Crippen LogP contribution >= 0.6 is 0 Å². The van der Waals surface area contributed by atoms with Crippen molar-refractivity contribution in [1.29, 1.82) is 0 Å². The summed E-state index contributed by atoms with van der Waals surface area (Å²) in [7, 11) is 0. The highest BCUT2D eigenvalue weighted by molar-refractivity contribution is 6.00. The summed E-state index contributed by atoms with van der Waals surface area (Å²) >= 11 is 0. The predicted octanol–water partition coefficient (Wildman–Crippen LogP) is 6.54.